The minimum atomic E-state index is -0.452. The molecule has 0 saturated heterocycles. The molecule has 1 aromatic carbocycles. The largest absolute Gasteiger partial charge is 0.313 e. The van der Waals surface area contributed by atoms with E-state index in [1.165, 1.54) is 31.0 Å². The highest BCUT2D eigenvalue weighted by Crippen LogP contribution is 2.43. The summed E-state index contributed by atoms with van der Waals surface area (Å²) in [5.41, 5.74) is 0.185. The van der Waals surface area contributed by atoms with Gasteiger partial charge in [0, 0.05) is 11.6 Å². The van der Waals surface area contributed by atoms with E-state index in [4.69, 9.17) is 0 Å². The van der Waals surface area contributed by atoms with Gasteiger partial charge < -0.3 is 5.32 Å². The number of benzene rings is 1. The summed E-state index contributed by atoms with van der Waals surface area (Å²) in [7, 11) is 1.76. The molecule has 1 saturated carbocycles. The van der Waals surface area contributed by atoms with Gasteiger partial charge in [-0.25, -0.2) is 8.78 Å². The summed E-state index contributed by atoms with van der Waals surface area (Å²) in [4.78, 5) is 0. The lowest BCUT2D eigenvalue weighted by Crippen LogP contribution is -2.26. The van der Waals surface area contributed by atoms with E-state index in [0.29, 0.717) is 5.92 Å². The second kappa shape index (κ2) is 4.50. The predicted octanol–water partition coefficient (Wildman–Crippen LogP) is 3.27. The van der Waals surface area contributed by atoms with Crippen LogP contribution < -0.4 is 5.32 Å². The smallest absolute Gasteiger partial charge is 0.130 e. The van der Waals surface area contributed by atoms with Crippen molar-refractivity contribution in [3.05, 3.63) is 35.4 Å². The van der Waals surface area contributed by atoms with Gasteiger partial charge in [0.2, 0.25) is 0 Å². The van der Waals surface area contributed by atoms with Crippen LogP contribution in [0.5, 0.6) is 0 Å². The van der Waals surface area contributed by atoms with Gasteiger partial charge in [-0.1, -0.05) is 13.0 Å². The lowest BCUT2D eigenvalue weighted by Gasteiger charge is -2.24. The zero-order valence-electron chi connectivity index (χ0n) is 9.63. The lowest BCUT2D eigenvalue weighted by atomic mass is 9.90. The Morgan fingerprint density at radius 1 is 1.25 bits per heavy atom. The Labute approximate surface area is 94.9 Å². The average Bonchev–Trinajstić information content (AvgIpc) is 3.06. The van der Waals surface area contributed by atoms with E-state index in [9.17, 15) is 8.78 Å². The first-order valence-corrected chi connectivity index (χ1v) is 5.76. The summed E-state index contributed by atoms with van der Waals surface area (Å²) < 4.78 is 27.3. The molecule has 0 aliphatic heterocycles. The van der Waals surface area contributed by atoms with E-state index in [0.717, 1.165) is 0 Å². The highest BCUT2D eigenvalue weighted by molar-refractivity contribution is 5.24. The van der Waals surface area contributed by atoms with Crippen LogP contribution in [0.25, 0.3) is 0 Å². The minimum absolute atomic E-state index is 0.185. The number of hydrogen-bond acceptors (Lipinski definition) is 1. The Morgan fingerprint density at radius 2 is 1.81 bits per heavy atom. The standard InChI is InChI=1S/C13H17F2N/c1-8(9-6-7-9)13(16-2)12-10(14)4-3-5-11(12)15/h3-5,8-9,13,16H,6-7H2,1-2H3. The number of rotatable bonds is 4. The van der Waals surface area contributed by atoms with Crippen LogP contribution in [-0.2, 0) is 0 Å². The van der Waals surface area contributed by atoms with E-state index < -0.39 is 11.6 Å². The molecule has 88 valence electrons. The first kappa shape index (κ1) is 11.5. The minimum Gasteiger partial charge on any atom is -0.313 e. The second-order valence-electron chi connectivity index (χ2n) is 4.60. The highest BCUT2D eigenvalue weighted by atomic mass is 19.1. The van der Waals surface area contributed by atoms with Crippen LogP contribution in [0.3, 0.4) is 0 Å². The number of hydrogen-bond donors (Lipinski definition) is 1. The number of nitrogens with one attached hydrogen (secondary N) is 1. The van der Waals surface area contributed by atoms with Crippen molar-refractivity contribution in [2.75, 3.05) is 7.05 Å². The van der Waals surface area contributed by atoms with Crippen LogP contribution in [0.4, 0.5) is 8.78 Å². The maximum Gasteiger partial charge on any atom is 0.130 e. The van der Waals surface area contributed by atoms with Crippen LogP contribution in [0.2, 0.25) is 0 Å². The van der Waals surface area contributed by atoms with Crippen molar-refractivity contribution in [3.8, 4) is 0 Å². The van der Waals surface area contributed by atoms with Gasteiger partial charge in [-0.05, 0) is 43.9 Å². The molecule has 0 bridgehead atoms. The summed E-state index contributed by atoms with van der Waals surface area (Å²) in [6.45, 7) is 2.06. The molecule has 2 rings (SSSR count). The molecule has 0 heterocycles. The Kier molecular flexibility index (Phi) is 3.24. The monoisotopic (exact) mass is 225 g/mol. The summed E-state index contributed by atoms with van der Waals surface area (Å²) in [6, 6.07) is 3.82. The SMILES string of the molecule is CNC(c1c(F)cccc1F)C(C)C1CC1. The van der Waals surface area contributed by atoms with Crippen molar-refractivity contribution in [2.24, 2.45) is 11.8 Å². The molecule has 1 fully saturated rings. The molecule has 0 amide bonds. The Hall–Kier alpha value is -0.960. The fourth-order valence-corrected chi connectivity index (χ4v) is 2.37. The molecule has 1 aliphatic carbocycles. The first-order chi connectivity index (χ1) is 7.65. The zero-order valence-corrected chi connectivity index (χ0v) is 9.63. The quantitative estimate of drug-likeness (QED) is 0.829. The van der Waals surface area contributed by atoms with Crippen molar-refractivity contribution >= 4 is 0 Å². The number of halogens is 2. The van der Waals surface area contributed by atoms with Gasteiger partial charge in [0.1, 0.15) is 11.6 Å². The summed E-state index contributed by atoms with van der Waals surface area (Å²) in [5.74, 6) is -0.0217. The van der Waals surface area contributed by atoms with Gasteiger partial charge in [0.25, 0.3) is 0 Å². The molecule has 1 N–H and O–H groups in total. The fourth-order valence-electron chi connectivity index (χ4n) is 2.37. The summed E-state index contributed by atoms with van der Waals surface area (Å²) in [5, 5.41) is 3.04. The Bertz CT molecular complexity index is 354. The van der Waals surface area contributed by atoms with Gasteiger partial charge >= 0.3 is 0 Å². The van der Waals surface area contributed by atoms with Crippen molar-refractivity contribution in [3.63, 3.8) is 0 Å². The first-order valence-electron chi connectivity index (χ1n) is 5.76. The van der Waals surface area contributed by atoms with Crippen LogP contribution in [0.1, 0.15) is 31.4 Å². The molecular formula is C13H17F2N. The molecule has 1 nitrogen and oxygen atoms in total. The van der Waals surface area contributed by atoms with E-state index in [1.54, 1.807) is 7.05 Å². The summed E-state index contributed by atoms with van der Waals surface area (Å²) in [6.07, 6.45) is 2.35. The molecule has 0 aromatic heterocycles. The molecule has 2 unspecified atom stereocenters. The van der Waals surface area contributed by atoms with Gasteiger partial charge in [-0.15, -0.1) is 0 Å². The van der Waals surface area contributed by atoms with Gasteiger partial charge in [0.15, 0.2) is 0 Å². The lowest BCUT2D eigenvalue weighted by molar-refractivity contribution is 0.346. The van der Waals surface area contributed by atoms with Crippen LogP contribution in [0.15, 0.2) is 18.2 Å². The molecule has 0 spiro atoms. The molecule has 2 atom stereocenters. The van der Waals surface area contributed by atoms with Gasteiger partial charge in [-0.3, -0.25) is 0 Å². The fraction of sp³-hybridized carbons (Fsp3) is 0.538. The topological polar surface area (TPSA) is 12.0 Å². The second-order valence-corrected chi connectivity index (χ2v) is 4.60. The summed E-state index contributed by atoms with van der Waals surface area (Å²) >= 11 is 0. The van der Waals surface area contributed by atoms with E-state index >= 15 is 0 Å². The predicted molar refractivity (Wildman–Crippen MR) is 60.0 cm³/mol. The molecule has 16 heavy (non-hydrogen) atoms. The average molecular weight is 225 g/mol. The third kappa shape index (κ3) is 2.09. The third-order valence-electron chi connectivity index (χ3n) is 3.51. The zero-order chi connectivity index (χ0) is 11.7. The molecule has 0 radical (unpaired) electrons. The Morgan fingerprint density at radius 3 is 2.25 bits per heavy atom. The maximum absolute atomic E-state index is 13.7. The highest BCUT2D eigenvalue weighted by Gasteiger charge is 2.35. The van der Waals surface area contributed by atoms with Crippen LogP contribution in [-0.4, -0.2) is 7.05 Å². The van der Waals surface area contributed by atoms with Crippen molar-refractivity contribution in [1.82, 2.24) is 5.32 Å². The van der Waals surface area contributed by atoms with Gasteiger partial charge in [0.05, 0.1) is 0 Å². The Balaban J connectivity index is 2.31. The molecular weight excluding hydrogens is 208 g/mol. The van der Waals surface area contributed by atoms with Crippen molar-refractivity contribution < 1.29 is 8.78 Å². The molecule has 1 aromatic rings. The molecule has 3 heteroatoms. The van der Waals surface area contributed by atoms with Crippen molar-refractivity contribution in [1.29, 1.82) is 0 Å². The van der Waals surface area contributed by atoms with Crippen LogP contribution >= 0.6 is 0 Å². The molecule has 1 aliphatic rings. The van der Waals surface area contributed by atoms with Gasteiger partial charge in [-0.2, -0.15) is 0 Å². The van der Waals surface area contributed by atoms with E-state index in [1.807, 2.05) is 0 Å². The van der Waals surface area contributed by atoms with E-state index in [-0.39, 0.29) is 17.5 Å². The van der Waals surface area contributed by atoms with E-state index in [2.05, 4.69) is 12.2 Å². The van der Waals surface area contributed by atoms with Crippen molar-refractivity contribution in [2.45, 2.75) is 25.8 Å². The third-order valence-corrected chi connectivity index (χ3v) is 3.51. The maximum atomic E-state index is 13.7. The normalized spacial score (nSPS) is 19.5. The van der Waals surface area contributed by atoms with Crippen LogP contribution in [0, 0.1) is 23.5 Å².